The van der Waals surface area contributed by atoms with Crippen molar-refractivity contribution in [3.05, 3.63) is 64.4 Å². The van der Waals surface area contributed by atoms with Crippen LogP contribution in [-0.2, 0) is 9.59 Å². The number of nitrogens with one attached hydrogen (secondary N) is 2. The molecule has 0 radical (unpaired) electrons. The van der Waals surface area contributed by atoms with Crippen LogP contribution in [0, 0.1) is 5.82 Å². The molecule has 0 heterocycles. The Morgan fingerprint density at radius 1 is 1.16 bits per heavy atom. The lowest BCUT2D eigenvalue weighted by molar-refractivity contribution is -0.139. The highest BCUT2D eigenvalue weighted by Crippen LogP contribution is 2.24. The lowest BCUT2D eigenvalue weighted by Gasteiger charge is -2.16. The largest absolute Gasteiger partial charge is 0.479 e. The highest BCUT2D eigenvalue weighted by molar-refractivity contribution is 6.31. The number of amides is 2. The van der Waals surface area contributed by atoms with E-state index in [9.17, 15) is 23.9 Å². The molecular formula is C17H14ClFN2O4. The first-order valence-electron chi connectivity index (χ1n) is 7.15. The Morgan fingerprint density at radius 2 is 1.84 bits per heavy atom. The summed E-state index contributed by atoms with van der Waals surface area (Å²) in [5, 5.41) is 14.1. The highest BCUT2D eigenvalue weighted by atomic mass is 35.5. The Hall–Kier alpha value is -2.93. The molecule has 0 aromatic heterocycles. The van der Waals surface area contributed by atoms with Crippen LogP contribution in [0.2, 0.25) is 5.02 Å². The molecule has 0 saturated heterocycles. The molecule has 0 aliphatic carbocycles. The maximum absolute atomic E-state index is 13.6. The Labute approximate surface area is 147 Å². The zero-order valence-corrected chi connectivity index (χ0v) is 13.8. The van der Waals surface area contributed by atoms with Gasteiger partial charge in [-0.05, 0) is 24.3 Å². The number of benzene rings is 2. The molecule has 2 amide bonds. The van der Waals surface area contributed by atoms with Crippen molar-refractivity contribution in [3.63, 3.8) is 0 Å². The van der Waals surface area contributed by atoms with Crippen molar-refractivity contribution in [2.75, 3.05) is 5.32 Å². The monoisotopic (exact) mass is 364 g/mol. The van der Waals surface area contributed by atoms with Gasteiger partial charge in [0.15, 0.2) is 6.04 Å². The molecule has 0 bridgehead atoms. The maximum Gasteiger partial charge on any atom is 0.330 e. The van der Waals surface area contributed by atoms with Gasteiger partial charge in [0.25, 0.3) is 5.91 Å². The number of aliphatic carboxylic acids is 1. The fourth-order valence-electron chi connectivity index (χ4n) is 2.15. The third-order valence-electron chi connectivity index (χ3n) is 3.28. The topological polar surface area (TPSA) is 95.5 Å². The zero-order chi connectivity index (χ0) is 18.6. The molecule has 0 aliphatic rings. The summed E-state index contributed by atoms with van der Waals surface area (Å²) in [6.07, 6.45) is 0. The van der Waals surface area contributed by atoms with Crippen LogP contribution in [0.1, 0.15) is 28.9 Å². The number of carbonyl (C=O) groups excluding carboxylic acids is 2. The van der Waals surface area contributed by atoms with Gasteiger partial charge in [0.2, 0.25) is 5.91 Å². The van der Waals surface area contributed by atoms with Gasteiger partial charge in [-0.1, -0.05) is 29.8 Å². The second-order valence-electron chi connectivity index (χ2n) is 5.14. The molecule has 0 spiro atoms. The molecule has 0 unspecified atom stereocenters. The van der Waals surface area contributed by atoms with Gasteiger partial charge < -0.3 is 15.7 Å². The summed E-state index contributed by atoms with van der Waals surface area (Å²) < 4.78 is 13.6. The molecule has 0 aliphatic heterocycles. The predicted molar refractivity (Wildman–Crippen MR) is 90.0 cm³/mol. The molecule has 0 saturated carbocycles. The SMILES string of the molecule is CC(=O)Nc1cc(C(=O)N[C@H](C(=O)O)c2ccccc2Cl)ccc1F. The summed E-state index contributed by atoms with van der Waals surface area (Å²) in [4.78, 5) is 34.9. The van der Waals surface area contributed by atoms with Crippen LogP contribution in [0.25, 0.3) is 0 Å². The number of carboxylic acid groups (broad SMARTS) is 1. The van der Waals surface area contributed by atoms with Gasteiger partial charge in [0.05, 0.1) is 5.69 Å². The second kappa shape index (κ2) is 7.76. The normalized spacial score (nSPS) is 11.5. The number of hydrogen-bond donors (Lipinski definition) is 3. The number of carbonyl (C=O) groups is 3. The van der Waals surface area contributed by atoms with E-state index in [0.717, 1.165) is 12.1 Å². The van der Waals surface area contributed by atoms with Crippen LogP contribution >= 0.6 is 11.6 Å². The minimum absolute atomic E-state index is 0.0107. The molecule has 1 atom stereocenters. The first-order valence-corrected chi connectivity index (χ1v) is 7.52. The van der Waals surface area contributed by atoms with Crippen molar-refractivity contribution in [3.8, 4) is 0 Å². The van der Waals surface area contributed by atoms with Gasteiger partial charge in [-0.2, -0.15) is 0 Å². The molecule has 3 N–H and O–H groups in total. The molecule has 6 nitrogen and oxygen atoms in total. The fraction of sp³-hybridized carbons (Fsp3) is 0.118. The predicted octanol–water partition coefficient (Wildman–Crippen LogP) is 2.99. The third-order valence-corrected chi connectivity index (χ3v) is 3.62. The van der Waals surface area contributed by atoms with Gasteiger partial charge in [-0.15, -0.1) is 0 Å². The lowest BCUT2D eigenvalue weighted by Crippen LogP contribution is -2.34. The van der Waals surface area contributed by atoms with Crippen LogP contribution < -0.4 is 10.6 Å². The van der Waals surface area contributed by atoms with Crippen molar-refractivity contribution in [1.29, 1.82) is 0 Å². The van der Waals surface area contributed by atoms with E-state index in [1.807, 2.05) is 0 Å². The lowest BCUT2D eigenvalue weighted by atomic mass is 10.1. The van der Waals surface area contributed by atoms with Crippen molar-refractivity contribution in [1.82, 2.24) is 5.32 Å². The maximum atomic E-state index is 13.6. The van der Waals surface area contributed by atoms with Gasteiger partial charge in [0.1, 0.15) is 5.82 Å². The summed E-state index contributed by atoms with van der Waals surface area (Å²) >= 11 is 5.98. The van der Waals surface area contributed by atoms with Crippen LogP contribution in [-0.4, -0.2) is 22.9 Å². The molecular weight excluding hydrogens is 351 g/mol. The summed E-state index contributed by atoms with van der Waals surface area (Å²) in [5.41, 5.74) is 0.0300. The van der Waals surface area contributed by atoms with Crippen LogP contribution in [0.15, 0.2) is 42.5 Å². The second-order valence-corrected chi connectivity index (χ2v) is 5.55. The molecule has 0 fully saturated rings. The van der Waals surface area contributed by atoms with Gasteiger partial charge >= 0.3 is 5.97 Å². The van der Waals surface area contributed by atoms with E-state index in [2.05, 4.69) is 10.6 Å². The van der Waals surface area contributed by atoms with E-state index in [-0.39, 0.29) is 21.8 Å². The summed E-state index contributed by atoms with van der Waals surface area (Å²) in [6.45, 7) is 1.20. The summed E-state index contributed by atoms with van der Waals surface area (Å²) in [5.74, 6) is -3.27. The zero-order valence-electron chi connectivity index (χ0n) is 13.0. The first-order chi connectivity index (χ1) is 11.8. The molecule has 25 heavy (non-hydrogen) atoms. The molecule has 130 valence electrons. The van der Waals surface area contributed by atoms with Crippen molar-refractivity contribution < 1.29 is 23.9 Å². The van der Waals surface area contributed by atoms with Crippen molar-refractivity contribution in [2.45, 2.75) is 13.0 Å². The van der Waals surface area contributed by atoms with E-state index >= 15 is 0 Å². The Kier molecular flexibility index (Phi) is 5.71. The third kappa shape index (κ3) is 4.54. The fourth-order valence-corrected chi connectivity index (χ4v) is 2.39. The van der Waals surface area contributed by atoms with E-state index in [0.29, 0.717) is 0 Å². The minimum atomic E-state index is -1.38. The standard InChI is InChI=1S/C17H14ClFN2O4/c1-9(22)20-14-8-10(6-7-13(14)19)16(23)21-15(17(24)25)11-4-2-3-5-12(11)18/h2-8,15H,1H3,(H,20,22)(H,21,23)(H,24,25)/t15-/m0/s1. The number of carboxylic acids is 1. The molecule has 2 aromatic carbocycles. The number of halogens is 2. The molecule has 8 heteroatoms. The average Bonchev–Trinajstić information content (AvgIpc) is 2.54. The summed E-state index contributed by atoms with van der Waals surface area (Å²) in [7, 11) is 0. The average molecular weight is 365 g/mol. The van der Waals surface area contributed by atoms with Crippen molar-refractivity contribution in [2.24, 2.45) is 0 Å². The number of anilines is 1. The van der Waals surface area contributed by atoms with Crippen molar-refractivity contribution >= 4 is 35.1 Å². The smallest absolute Gasteiger partial charge is 0.330 e. The van der Waals surface area contributed by atoms with Gasteiger partial charge in [-0.25, -0.2) is 9.18 Å². The minimum Gasteiger partial charge on any atom is -0.479 e. The van der Waals surface area contributed by atoms with E-state index in [1.165, 1.54) is 25.1 Å². The van der Waals surface area contributed by atoms with E-state index < -0.39 is 29.6 Å². The molecule has 2 rings (SSSR count). The number of rotatable bonds is 5. The Bertz CT molecular complexity index is 841. The van der Waals surface area contributed by atoms with Crippen LogP contribution in [0.5, 0.6) is 0 Å². The van der Waals surface area contributed by atoms with E-state index in [1.54, 1.807) is 12.1 Å². The molecule has 2 aromatic rings. The van der Waals surface area contributed by atoms with Crippen LogP contribution in [0.4, 0.5) is 10.1 Å². The van der Waals surface area contributed by atoms with Crippen LogP contribution in [0.3, 0.4) is 0 Å². The quantitative estimate of drug-likeness (QED) is 0.760. The summed E-state index contributed by atoms with van der Waals surface area (Å²) in [6, 6.07) is 8.14. The highest BCUT2D eigenvalue weighted by Gasteiger charge is 2.25. The first kappa shape index (κ1) is 18.4. The number of hydrogen-bond acceptors (Lipinski definition) is 3. The van der Waals surface area contributed by atoms with Gasteiger partial charge in [-0.3, -0.25) is 9.59 Å². The van der Waals surface area contributed by atoms with E-state index in [4.69, 9.17) is 11.6 Å². The Balaban J connectivity index is 2.29. The van der Waals surface area contributed by atoms with Gasteiger partial charge in [0, 0.05) is 23.1 Å². The Morgan fingerprint density at radius 3 is 2.44 bits per heavy atom.